The average molecular weight is 792 g/mol. The number of benzene rings is 5. The fourth-order valence-electron chi connectivity index (χ4n) is 10.8. The van der Waals surface area contributed by atoms with Crippen LogP contribution >= 0.6 is 0 Å². The fourth-order valence-corrected chi connectivity index (χ4v) is 10.8. The van der Waals surface area contributed by atoms with Gasteiger partial charge in [-0.3, -0.25) is 24.0 Å². The summed E-state index contributed by atoms with van der Waals surface area (Å²) >= 11 is 0. The highest BCUT2D eigenvalue weighted by Crippen LogP contribution is 2.54. The number of Topliss-reactive ketones (excluding diaryl/α,β-unsaturated/α-hetero) is 1. The molecule has 0 spiro atoms. The van der Waals surface area contributed by atoms with E-state index in [1.807, 2.05) is 13.0 Å². The number of fused-ring (bicyclic) bond motifs is 1. The number of aliphatic carboxylic acids is 1. The monoisotopic (exact) mass is 791 g/mol. The molecule has 1 atom stereocenters. The molecule has 5 aromatic carbocycles. The van der Waals surface area contributed by atoms with Gasteiger partial charge in [0.25, 0.3) is 6.47 Å². The maximum Gasteiger partial charge on any atom is 0.306 e. The number of nitrogens with one attached hydrogen (secondary N) is 1. The van der Waals surface area contributed by atoms with E-state index in [9.17, 15) is 39.6 Å². The maximum absolute atomic E-state index is 15.0. The Balaban J connectivity index is 1.46. The van der Waals surface area contributed by atoms with Crippen molar-refractivity contribution in [3.63, 3.8) is 0 Å². The van der Waals surface area contributed by atoms with Crippen LogP contribution in [0.4, 0.5) is 5.69 Å². The molecule has 12 heteroatoms. The minimum Gasteiger partial charge on any atom is -0.507 e. The number of hydrogen-bond acceptors (Lipinski definition) is 11. The Labute approximate surface area is 334 Å². The number of aliphatic hydroxyl groups is 2. The van der Waals surface area contributed by atoms with Crippen LogP contribution in [0, 0.1) is 17.8 Å². The number of hydrogen-bond donors (Lipinski definition) is 5. The normalized spacial score (nSPS) is 22.1. The second kappa shape index (κ2) is 15.4. The first-order valence-corrected chi connectivity index (χ1v) is 20.3. The molecule has 2 fully saturated rings. The predicted octanol–water partition coefficient (Wildman–Crippen LogP) is 6.65. The lowest BCUT2D eigenvalue weighted by Crippen LogP contribution is -2.26. The molecule has 8 rings (SSSR count). The van der Waals surface area contributed by atoms with Crippen LogP contribution in [0.15, 0.2) is 27.3 Å². The number of phenols is 1. The van der Waals surface area contributed by atoms with Crippen molar-refractivity contribution in [1.29, 1.82) is 0 Å². The van der Waals surface area contributed by atoms with Gasteiger partial charge in [0.1, 0.15) is 17.6 Å². The van der Waals surface area contributed by atoms with Gasteiger partial charge in [0.2, 0.25) is 5.43 Å². The molecular weight excluding hydrogens is 743 g/mol. The van der Waals surface area contributed by atoms with Gasteiger partial charge < -0.3 is 35.2 Å². The highest BCUT2D eigenvalue weighted by molar-refractivity contribution is 6.39. The molecule has 0 bridgehead atoms. The smallest absolute Gasteiger partial charge is 0.306 e. The lowest BCUT2D eigenvalue weighted by atomic mass is 9.77. The van der Waals surface area contributed by atoms with Crippen molar-refractivity contribution in [1.82, 2.24) is 0 Å². The van der Waals surface area contributed by atoms with E-state index in [0.29, 0.717) is 117 Å². The van der Waals surface area contributed by atoms with E-state index < -0.39 is 36.0 Å². The molecular formula is C46H49NO11. The summed E-state index contributed by atoms with van der Waals surface area (Å²) in [6.45, 7) is 3.26. The topological polar surface area (TPSA) is 197 Å². The summed E-state index contributed by atoms with van der Waals surface area (Å²) in [7, 11) is 1.40. The van der Waals surface area contributed by atoms with Crippen molar-refractivity contribution in [2.45, 2.75) is 103 Å². The van der Waals surface area contributed by atoms with Crippen molar-refractivity contribution < 1.29 is 44.3 Å². The lowest BCUT2D eigenvalue weighted by Gasteiger charge is -2.29. The van der Waals surface area contributed by atoms with Crippen LogP contribution in [0.25, 0.3) is 49.2 Å². The lowest BCUT2D eigenvalue weighted by molar-refractivity contribution is -0.143. The van der Waals surface area contributed by atoms with E-state index in [0.717, 1.165) is 25.7 Å². The molecule has 0 saturated heterocycles. The van der Waals surface area contributed by atoms with Gasteiger partial charge in [-0.05, 0) is 140 Å². The highest BCUT2D eigenvalue weighted by atomic mass is 16.5. The SMILES string of the molecule is COc1c2c3c4c(c(CCC5CCC(C(=O)O)CC5)c(O)c5c(=O)cc(CO)c(c6c(CO)cc(NCC7CCC(OC=O)CC7)c(c1=O)c63)c54)C=C(C)C2C(C)=O. The third kappa shape index (κ3) is 6.23. The van der Waals surface area contributed by atoms with Crippen LogP contribution in [0.2, 0.25) is 0 Å². The maximum atomic E-state index is 15.0. The number of carboxylic acid groups (broad SMARTS) is 1. The molecule has 304 valence electrons. The number of allylic oxidation sites excluding steroid dienone is 1. The second-order valence-electron chi connectivity index (χ2n) is 16.7. The summed E-state index contributed by atoms with van der Waals surface area (Å²) < 4.78 is 11.2. The largest absolute Gasteiger partial charge is 0.507 e. The highest BCUT2D eigenvalue weighted by Gasteiger charge is 2.37. The molecule has 2 saturated carbocycles. The molecule has 5 aromatic rings. The predicted molar refractivity (Wildman–Crippen MR) is 221 cm³/mol. The number of carboxylic acids is 1. The van der Waals surface area contributed by atoms with Crippen LogP contribution in [0.1, 0.15) is 105 Å². The van der Waals surface area contributed by atoms with Gasteiger partial charge in [0.05, 0.1) is 42.9 Å². The van der Waals surface area contributed by atoms with Gasteiger partial charge in [-0.1, -0.05) is 11.6 Å². The van der Waals surface area contributed by atoms with E-state index >= 15 is 4.79 Å². The number of ether oxygens (including phenoxy) is 2. The average Bonchev–Trinajstić information content (AvgIpc) is 3.34. The summed E-state index contributed by atoms with van der Waals surface area (Å²) in [5, 5.41) is 50.5. The number of rotatable bonds is 13. The number of carbonyl (C=O) groups is 3. The van der Waals surface area contributed by atoms with Crippen molar-refractivity contribution >= 4 is 73.1 Å². The number of ketones is 1. The molecule has 58 heavy (non-hydrogen) atoms. The van der Waals surface area contributed by atoms with Crippen LogP contribution in [0.5, 0.6) is 11.5 Å². The Morgan fingerprint density at radius 1 is 0.845 bits per heavy atom. The van der Waals surface area contributed by atoms with Gasteiger partial charge in [-0.2, -0.15) is 0 Å². The molecule has 0 aromatic heterocycles. The van der Waals surface area contributed by atoms with Crippen LogP contribution in [-0.4, -0.2) is 58.4 Å². The van der Waals surface area contributed by atoms with Crippen molar-refractivity contribution in [2.24, 2.45) is 17.8 Å². The molecule has 3 aliphatic rings. The van der Waals surface area contributed by atoms with Crippen molar-refractivity contribution in [2.75, 3.05) is 19.0 Å². The first-order valence-electron chi connectivity index (χ1n) is 20.3. The van der Waals surface area contributed by atoms with E-state index in [1.165, 1.54) is 20.1 Å². The first kappa shape index (κ1) is 39.5. The van der Waals surface area contributed by atoms with Gasteiger partial charge in [-0.15, -0.1) is 0 Å². The summed E-state index contributed by atoms with van der Waals surface area (Å²) in [6, 6.07) is 3.04. The summed E-state index contributed by atoms with van der Waals surface area (Å²) in [6.07, 6.45) is 8.34. The van der Waals surface area contributed by atoms with Crippen LogP contribution in [-0.2, 0) is 38.8 Å². The van der Waals surface area contributed by atoms with Gasteiger partial charge in [0, 0.05) is 34.1 Å². The number of aromatic hydroxyl groups is 1. The van der Waals surface area contributed by atoms with Crippen molar-refractivity contribution in [3.8, 4) is 11.5 Å². The van der Waals surface area contributed by atoms with Crippen LogP contribution in [0.3, 0.4) is 0 Å². The van der Waals surface area contributed by atoms with E-state index in [1.54, 1.807) is 6.07 Å². The zero-order valence-electron chi connectivity index (χ0n) is 33.0. The standard InChI is InChI=1S/C46H49NO11/c1-21-14-30-29(13-8-23-4-9-25(10-5-23)46(55)56)43(53)38-32(52)16-27(19-49)35-34-26(18-48)15-31(47-17-24-6-11-28(12-7-24)58-20-50)37-40(34)41(36(30)39(35)38)42(33(21)22(2)51)45(57-3)44(37)54/h14-16,20,23-25,28,33,47-49,53H,4-13,17-19H2,1-3H3,(H,55,56). The second-order valence-corrected chi connectivity index (χ2v) is 16.7. The third-order valence-corrected chi connectivity index (χ3v) is 13.5. The van der Waals surface area contributed by atoms with E-state index in [4.69, 9.17) is 9.47 Å². The summed E-state index contributed by atoms with van der Waals surface area (Å²) in [4.78, 5) is 65.7. The molecule has 0 radical (unpaired) electrons. The Bertz CT molecular complexity index is 2630. The zero-order chi connectivity index (χ0) is 41.2. The Hall–Kier alpha value is -5.33. The number of aliphatic hydroxyl groups excluding tert-OH is 2. The number of anilines is 1. The molecule has 5 N–H and O–H groups in total. The fraction of sp³-hybridized carbons (Fsp3) is 0.457. The minimum absolute atomic E-state index is 0.0114. The Kier molecular flexibility index (Phi) is 10.5. The van der Waals surface area contributed by atoms with Crippen LogP contribution < -0.4 is 20.9 Å². The quantitative estimate of drug-likeness (QED) is 0.0485. The molecule has 0 aliphatic heterocycles. The number of carbonyl (C=O) groups excluding carboxylic acids is 2. The Morgan fingerprint density at radius 3 is 2.09 bits per heavy atom. The molecule has 3 aliphatic carbocycles. The number of methoxy groups -OCH3 is 1. The zero-order valence-corrected chi connectivity index (χ0v) is 33.0. The van der Waals surface area contributed by atoms with Gasteiger partial charge >= 0.3 is 5.97 Å². The molecule has 12 nitrogen and oxygen atoms in total. The van der Waals surface area contributed by atoms with Gasteiger partial charge in [0.15, 0.2) is 11.2 Å². The van der Waals surface area contributed by atoms with Crippen molar-refractivity contribution in [3.05, 3.63) is 66.0 Å². The molecule has 1 unspecified atom stereocenters. The minimum atomic E-state index is -0.925. The summed E-state index contributed by atoms with van der Waals surface area (Å²) in [5.74, 6) is -2.12. The molecule has 0 heterocycles. The van der Waals surface area contributed by atoms with Gasteiger partial charge in [-0.25, -0.2) is 0 Å². The summed E-state index contributed by atoms with van der Waals surface area (Å²) in [5.41, 5.74) is 2.32. The third-order valence-electron chi connectivity index (χ3n) is 13.5. The van der Waals surface area contributed by atoms with E-state index in [-0.39, 0.29) is 57.5 Å². The van der Waals surface area contributed by atoms with E-state index in [2.05, 4.69) is 5.32 Å². The molecule has 0 amide bonds. The first-order chi connectivity index (χ1) is 27.9. The Morgan fingerprint density at radius 2 is 1.48 bits per heavy atom. The number of phenolic OH excluding ortho intramolecular Hbond substituents is 1.